The molecule has 0 aromatic carbocycles. The molecule has 0 aliphatic carbocycles. The molecule has 0 rings (SSSR count). The van der Waals surface area contributed by atoms with E-state index in [-0.39, 0.29) is 5.76 Å². The normalized spacial score (nSPS) is 7.67. The van der Waals surface area contributed by atoms with E-state index in [0.29, 0.717) is 0 Å². The molecule has 0 aromatic rings. The second-order valence-electron chi connectivity index (χ2n) is 1.85. The lowest BCUT2D eigenvalue weighted by Crippen LogP contribution is -1.70. The van der Waals surface area contributed by atoms with E-state index in [4.69, 9.17) is 5.11 Å². The number of hydrogen-bond donors (Lipinski definition) is 1. The fraction of sp³-hybridized carbons (Fsp3) is 0.500. The molecule has 0 spiro atoms. The van der Waals surface area contributed by atoms with Gasteiger partial charge in [0.1, 0.15) is 0 Å². The van der Waals surface area contributed by atoms with Crippen LogP contribution >= 0.6 is 0 Å². The molecular weight excluding hydrogens is 112 g/mol. The Balaban J connectivity index is 3.27. The van der Waals surface area contributed by atoms with Gasteiger partial charge < -0.3 is 5.11 Å². The highest BCUT2D eigenvalue weighted by atomic mass is 16.3. The van der Waals surface area contributed by atoms with Crippen LogP contribution in [0.1, 0.15) is 26.2 Å². The molecule has 0 unspecified atom stereocenters. The van der Waals surface area contributed by atoms with Gasteiger partial charge in [-0.3, -0.25) is 0 Å². The summed E-state index contributed by atoms with van der Waals surface area (Å²) in [5.41, 5.74) is 0. The van der Waals surface area contributed by atoms with Crippen molar-refractivity contribution in [2.45, 2.75) is 26.2 Å². The molecular formula is C8H12O. The van der Waals surface area contributed by atoms with Gasteiger partial charge in [-0.15, -0.1) is 0 Å². The van der Waals surface area contributed by atoms with Crippen molar-refractivity contribution in [1.82, 2.24) is 0 Å². The summed E-state index contributed by atoms with van der Waals surface area (Å²) in [7, 11) is 0. The Hall–Kier alpha value is -0.900. The highest BCUT2D eigenvalue weighted by molar-refractivity contribution is 5.18. The van der Waals surface area contributed by atoms with Gasteiger partial charge in [0.05, 0.1) is 0 Å². The van der Waals surface area contributed by atoms with Gasteiger partial charge in [0, 0.05) is 6.42 Å². The molecule has 1 nitrogen and oxygen atoms in total. The van der Waals surface area contributed by atoms with Gasteiger partial charge in [-0.05, 0) is 18.9 Å². The highest BCUT2D eigenvalue weighted by Crippen LogP contribution is 1.90. The van der Waals surface area contributed by atoms with Gasteiger partial charge in [-0.2, -0.15) is 0 Å². The van der Waals surface area contributed by atoms with Crippen LogP contribution in [0.25, 0.3) is 0 Å². The van der Waals surface area contributed by atoms with Crippen molar-refractivity contribution < 1.29 is 5.11 Å². The second kappa shape index (κ2) is 5.24. The predicted molar refractivity (Wildman–Crippen MR) is 39.1 cm³/mol. The predicted octanol–water partition coefficient (Wildman–Crippen LogP) is 2.25. The van der Waals surface area contributed by atoms with E-state index in [0.717, 1.165) is 19.3 Å². The summed E-state index contributed by atoms with van der Waals surface area (Å²) in [5, 5.41) is 8.48. The quantitative estimate of drug-likeness (QED) is 0.340. The molecule has 0 aromatic heterocycles. The van der Waals surface area contributed by atoms with Crippen molar-refractivity contribution >= 4 is 0 Å². The van der Waals surface area contributed by atoms with Gasteiger partial charge in [-0.1, -0.05) is 19.3 Å². The number of unbranched alkanes of at least 4 members (excludes halogenated alkanes) is 2. The van der Waals surface area contributed by atoms with Crippen molar-refractivity contribution in [3.05, 3.63) is 12.3 Å². The molecule has 0 fully saturated rings. The van der Waals surface area contributed by atoms with Crippen LogP contribution in [0, 0.1) is 11.8 Å². The number of aliphatic hydroxyl groups is 1. The first-order valence-electron chi connectivity index (χ1n) is 3.14. The minimum absolute atomic E-state index is 0.0360. The minimum atomic E-state index is -0.0360. The van der Waals surface area contributed by atoms with Crippen LogP contribution in [0.5, 0.6) is 0 Å². The Morgan fingerprint density at radius 2 is 2.33 bits per heavy atom. The van der Waals surface area contributed by atoms with E-state index in [1.165, 1.54) is 0 Å². The maximum absolute atomic E-state index is 8.48. The Bertz CT molecular complexity index is 136. The summed E-state index contributed by atoms with van der Waals surface area (Å²) in [5.74, 6) is 5.24. The lowest BCUT2D eigenvalue weighted by Gasteiger charge is -1.82. The molecule has 0 atom stereocenters. The minimum Gasteiger partial charge on any atom is -0.501 e. The topological polar surface area (TPSA) is 20.2 Å². The van der Waals surface area contributed by atoms with Crippen LogP contribution < -0.4 is 0 Å². The van der Waals surface area contributed by atoms with Crippen molar-refractivity contribution in [3.63, 3.8) is 0 Å². The largest absolute Gasteiger partial charge is 0.501 e. The molecule has 0 aliphatic heterocycles. The molecule has 0 saturated heterocycles. The fourth-order valence-corrected chi connectivity index (χ4v) is 0.430. The average molecular weight is 124 g/mol. The Labute approximate surface area is 56.4 Å². The van der Waals surface area contributed by atoms with E-state index in [1.54, 1.807) is 0 Å². The third kappa shape index (κ3) is 7.10. The van der Waals surface area contributed by atoms with Gasteiger partial charge >= 0.3 is 0 Å². The summed E-state index contributed by atoms with van der Waals surface area (Å²) in [6.07, 6.45) is 3.10. The summed E-state index contributed by atoms with van der Waals surface area (Å²) in [6, 6.07) is 0. The van der Waals surface area contributed by atoms with Crippen molar-refractivity contribution in [1.29, 1.82) is 0 Å². The SMILES string of the molecule is C=C(O)C#CCCCC. The molecule has 50 valence electrons. The molecule has 0 saturated carbocycles. The molecule has 9 heavy (non-hydrogen) atoms. The van der Waals surface area contributed by atoms with Crippen LogP contribution in [0.15, 0.2) is 12.3 Å². The standard InChI is InChI=1S/C8H12O/c1-3-4-5-6-7-8(2)9/h9H,2-5H2,1H3. The average Bonchev–Trinajstić information content (AvgIpc) is 1.80. The number of aliphatic hydroxyl groups excluding tert-OH is 1. The molecule has 1 heteroatoms. The molecule has 0 aliphatic rings. The third-order valence-corrected chi connectivity index (χ3v) is 0.888. The van der Waals surface area contributed by atoms with E-state index in [9.17, 15) is 0 Å². The van der Waals surface area contributed by atoms with Crippen molar-refractivity contribution in [3.8, 4) is 11.8 Å². The van der Waals surface area contributed by atoms with E-state index in [2.05, 4.69) is 25.3 Å². The fourth-order valence-electron chi connectivity index (χ4n) is 0.430. The summed E-state index contributed by atoms with van der Waals surface area (Å²) in [6.45, 7) is 5.34. The Morgan fingerprint density at radius 3 is 2.78 bits per heavy atom. The summed E-state index contributed by atoms with van der Waals surface area (Å²) in [4.78, 5) is 0. The first-order valence-corrected chi connectivity index (χ1v) is 3.14. The van der Waals surface area contributed by atoms with E-state index < -0.39 is 0 Å². The first-order chi connectivity index (χ1) is 4.27. The van der Waals surface area contributed by atoms with Crippen LogP contribution in [0.3, 0.4) is 0 Å². The number of hydrogen-bond acceptors (Lipinski definition) is 1. The highest BCUT2D eigenvalue weighted by Gasteiger charge is 1.76. The van der Waals surface area contributed by atoms with E-state index in [1.807, 2.05) is 0 Å². The summed E-state index contributed by atoms with van der Waals surface area (Å²) >= 11 is 0. The molecule has 1 N–H and O–H groups in total. The van der Waals surface area contributed by atoms with Gasteiger partial charge in [0.25, 0.3) is 0 Å². The first kappa shape index (κ1) is 8.10. The lowest BCUT2D eigenvalue weighted by atomic mass is 10.2. The molecule has 0 bridgehead atoms. The van der Waals surface area contributed by atoms with Gasteiger partial charge in [0.15, 0.2) is 5.76 Å². The smallest absolute Gasteiger partial charge is 0.159 e. The number of rotatable bonds is 2. The van der Waals surface area contributed by atoms with Crippen LogP contribution in [0.2, 0.25) is 0 Å². The van der Waals surface area contributed by atoms with Gasteiger partial charge in [0.2, 0.25) is 0 Å². The Kier molecular flexibility index (Phi) is 4.72. The lowest BCUT2D eigenvalue weighted by molar-refractivity contribution is 0.441. The van der Waals surface area contributed by atoms with Crippen molar-refractivity contribution in [2.24, 2.45) is 0 Å². The zero-order valence-electron chi connectivity index (χ0n) is 5.78. The van der Waals surface area contributed by atoms with Crippen molar-refractivity contribution in [2.75, 3.05) is 0 Å². The molecule has 0 amide bonds. The van der Waals surface area contributed by atoms with Gasteiger partial charge in [-0.25, -0.2) is 0 Å². The number of allylic oxidation sites excluding steroid dienone is 1. The zero-order chi connectivity index (χ0) is 7.11. The van der Waals surface area contributed by atoms with Crippen LogP contribution in [-0.4, -0.2) is 5.11 Å². The molecule has 0 heterocycles. The second-order valence-corrected chi connectivity index (χ2v) is 1.85. The Morgan fingerprint density at radius 1 is 1.67 bits per heavy atom. The maximum Gasteiger partial charge on any atom is 0.159 e. The monoisotopic (exact) mass is 124 g/mol. The summed E-state index contributed by atoms with van der Waals surface area (Å²) < 4.78 is 0. The van der Waals surface area contributed by atoms with Crippen LogP contribution in [0.4, 0.5) is 0 Å². The zero-order valence-corrected chi connectivity index (χ0v) is 5.78. The third-order valence-electron chi connectivity index (χ3n) is 0.888. The maximum atomic E-state index is 8.48. The van der Waals surface area contributed by atoms with E-state index >= 15 is 0 Å². The molecule has 0 radical (unpaired) electrons. The van der Waals surface area contributed by atoms with Crippen LogP contribution in [-0.2, 0) is 0 Å².